The van der Waals surface area contributed by atoms with Crippen molar-refractivity contribution in [2.45, 2.75) is 0 Å². The predicted octanol–water partition coefficient (Wildman–Crippen LogP) is 0.0565. The van der Waals surface area contributed by atoms with E-state index in [2.05, 4.69) is 4.52 Å². The van der Waals surface area contributed by atoms with E-state index < -0.39 is 7.60 Å². The van der Waals surface area contributed by atoms with Gasteiger partial charge in [0, 0.05) is 20.9 Å². The number of hydrogen-bond donors (Lipinski definition) is 2. The molecule has 0 radical (unpaired) electrons. The standard InChI is InChI=1S/C2H7O3P.CH4O/c1-5-6(2,3)4;1-2/h1-2H3,(H,3,4);2H,1H3. The highest BCUT2D eigenvalue weighted by molar-refractivity contribution is 7.51. The van der Waals surface area contributed by atoms with Crippen molar-refractivity contribution < 1.29 is 19.1 Å². The van der Waals surface area contributed by atoms with Crippen molar-refractivity contribution >= 4 is 7.60 Å². The number of rotatable bonds is 1. The molecule has 0 aliphatic rings. The van der Waals surface area contributed by atoms with Crippen LogP contribution in [0.2, 0.25) is 0 Å². The third-order valence-electron chi connectivity index (χ3n) is 0.339. The van der Waals surface area contributed by atoms with Gasteiger partial charge in [0.1, 0.15) is 0 Å². The Kier molecular flexibility index (Phi) is 7.21. The summed E-state index contributed by atoms with van der Waals surface area (Å²) in [5.74, 6) is 0. The molecule has 0 rings (SSSR count). The molecule has 0 saturated carbocycles. The summed E-state index contributed by atoms with van der Waals surface area (Å²) >= 11 is 0. The molecule has 0 fully saturated rings. The van der Waals surface area contributed by atoms with Crippen molar-refractivity contribution in [2.75, 3.05) is 20.9 Å². The molecule has 5 heteroatoms. The van der Waals surface area contributed by atoms with Gasteiger partial charge in [-0.1, -0.05) is 0 Å². The second kappa shape index (κ2) is 5.25. The fourth-order valence-corrected chi connectivity index (χ4v) is 0. The Bertz CT molecular complexity index is 75.4. The highest BCUT2D eigenvalue weighted by Gasteiger charge is 2.02. The predicted molar refractivity (Wildman–Crippen MR) is 30.9 cm³/mol. The van der Waals surface area contributed by atoms with Crippen LogP contribution in [0.5, 0.6) is 0 Å². The highest BCUT2D eigenvalue weighted by Crippen LogP contribution is 2.34. The Morgan fingerprint density at radius 3 is 1.62 bits per heavy atom. The molecule has 0 aliphatic heterocycles. The van der Waals surface area contributed by atoms with E-state index >= 15 is 0 Å². The van der Waals surface area contributed by atoms with Crippen molar-refractivity contribution in [3.8, 4) is 0 Å². The van der Waals surface area contributed by atoms with Gasteiger partial charge in [-0.2, -0.15) is 0 Å². The van der Waals surface area contributed by atoms with Crippen molar-refractivity contribution in [3.05, 3.63) is 0 Å². The average Bonchev–Trinajstić information content (AvgIpc) is 1.71. The molecule has 1 unspecified atom stereocenters. The van der Waals surface area contributed by atoms with E-state index in [0.717, 1.165) is 13.8 Å². The molecule has 0 bridgehead atoms. The van der Waals surface area contributed by atoms with Gasteiger partial charge in [0.15, 0.2) is 0 Å². The molecule has 1 atom stereocenters. The van der Waals surface area contributed by atoms with Gasteiger partial charge in [-0.15, -0.1) is 0 Å². The van der Waals surface area contributed by atoms with Crippen molar-refractivity contribution in [1.82, 2.24) is 0 Å². The van der Waals surface area contributed by atoms with Crippen molar-refractivity contribution in [3.63, 3.8) is 0 Å². The molecule has 0 heterocycles. The van der Waals surface area contributed by atoms with Gasteiger partial charge in [0.25, 0.3) is 0 Å². The van der Waals surface area contributed by atoms with E-state index in [-0.39, 0.29) is 0 Å². The Balaban J connectivity index is 0. The van der Waals surface area contributed by atoms with Crippen LogP contribution in [0.25, 0.3) is 0 Å². The Hall–Kier alpha value is 0.110. The number of aliphatic hydroxyl groups excluding tert-OH is 1. The Morgan fingerprint density at radius 2 is 1.62 bits per heavy atom. The van der Waals surface area contributed by atoms with Gasteiger partial charge in [0.2, 0.25) is 0 Å². The van der Waals surface area contributed by atoms with E-state index in [1.807, 2.05) is 0 Å². The van der Waals surface area contributed by atoms with Crippen LogP contribution in [0.3, 0.4) is 0 Å². The van der Waals surface area contributed by atoms with Gasteiger partial charge < -0.3 is 14.5 Å². The first-order valence-corrected chi connectivity index (χ1v) is 3.89. The molecule has 4 nitrogen and oxygen atoms in total. The van der Waals surface area contributed by atoms with Crippen LogP contribution in [-0.2, 0) is 9.09 Å². The summed E-state index contributed by atoms with van der Waals surface area (Å²) in [6.45, 7) is 1.13. The SMILES string of the molecule is CO.COP(C)(=O)O. The smallest absolute Gasteiger partial charge is 0.324 e. The van der Waals surface area contributed by atoms with Crippen molar-refractivity contribution in [1.29, 1.82) is 0 Å². The summed E-state index contributed by atoms with van der Waals surface area (Å²) in [4.78, 5) is 8.16. The van der Waals surface area contributed by atoms with Crippen LogP contribution in [0.1, 0.15) is 0 Å². The minimum Gasteiger partial charge on any atom is -0.400 e. The lowest BCUT2D eigenvalue weighted by atomic mass is 11.8. The summed E-state index contributed by atoms with van der Waals surface area (Å²) in [7, 11) is -0.951. The lowest BCUT2D eigenvalue weighted by Crippen LogP contribution is -1.75. The molecular weight excluding hydrogens is 131 g/mol. The van der Waals surface area contributed by atoms with Crippen LogP contribution in [0, 0.1) is 0 Å². The fraction of sp³-hybridized carbons (Fsp3) is 1.00. The fourth-order valence-electron chi connectivity index (χ4n) is 0. The third-order valence-corrected chi connectivity index (χ3v) is 1.02. The van der Waals surface area contributed by atoms with Gasteiger partial charge in [-0.25, -0.2) is 0 Å². The monoisotopic (exact) mass is 142 g/mol. The van der Waals surface area contributed by atoms with Crippen LogP contribution in [-0.4, -0.2) is 30.9 Å². The second-order valence-corrected chi connectivity index (χ2v) is 2.96. The maximum atomic E-state index is 9.92. The molecular formula is C3H11O4P. The number of hydrogen-bond acceptors (Lipinski definition) is 3. The molecule has 0 aliphatic carbocycles. The van der Waals surface area contributed by atoms with E-state index in [0.29, 0.717) is 0 Å². The molecule has 0 aromatic carbocycles. The molecule has 2 N–H and O–H groups in total. The molecule has 0 spiro atoms. The number of aliphatic hydroxyl groups is 1. The van der Waals surface area contributed by atoms with Gasteiger partial charge in [-0.3, -0.25) is 4.57 Å². The lowest BCUT2D eigenvalue weighted by Gasteiger charge is -1.96. The maximum Gasteiger partial charge on any atom is 0.324 e. The zero-order valence-electron chi connectivity index (χ0n) is 5.16. The quantitative estimate of drug-likeness (QED) is 0.508. The summed E-state index contributed by atoms with van der Waals surface area (Å²) in [5, 5.41) is 7.00. The third kappa shape index (κ3) is 16.5. The van der Waals surface area contributed by atoms with E-state index in [1.54, 1.807) is 0 Å². The van der Waals surface area contributed by atoms with E-state index in [9.17, 15) is 4.57 Å². The van der Waals surface area contributed by atoms with Gasteiger partial charge >= 0.3 is 7.60 Å². The summed E-state index contributed by atoms with van der Waals surface area (Å²) < 4.78 is 14.0. The largest absolute Gasteiger partial charge is 0.400 e. The molecule has 52 valence electrons. The summed E-state index contributed by atoms with van der Waals surface area (Å²) in [5.41, 5.74) is 0. The lowest BCUT2D eigenvalue weighted by molar-refractivity contribution is 0.322. The highest BCUT2D eigenvalue weighted by atomic mass is 31.2. The van der Waals surface area contributed by atoms with Gasteiger partial charge in [-0.05, 0) is 0 Å². The topological polar surface area (TPSA) is 66.8 Å². The minimum absolute atomic E-state index is 1.00. The molecule has 0 aromatic rings. The Labute approximate surface area is 48.6 Å². The maximum absolute atomic E-state index is 9.92. The second-order valence-electron chi connectivity index (χ2n) is 0.986. The zero-order chi connectivity index (χ0) is 7.21. The van der Waals surface area contributed by atoms with Crippen LogP contribution in [0.15, 0.2) is 0 Å². The first-order valence-electron chi connectivity index (χ1n) is 1.87. The molecule has 0 saturated heterocycles. The minimum atomic E-state index is -3.15. The average molecular weight is 142 g/mol. The van der Waals surface area contributed by atoms with Crippen LogP contribution >= 0.6 is 7.60 Å². The molecule has 8 heavy (non-hydrogen) atoms. The van der Waals surface area contributed by atoms with Crippen molar-refractivity contribution in [2.24, 2.45) is 0 Å². The van der Waals surface area contributed by atoms with E-state index in [1.165, 1.54) is 7.11 Å². The first kappa shape index (κ1) is 11.0. The normalized spacial score (nSPS) is 15.6. The zero-order valence-corrected chi connectivity index (χ0v) is 6.05. The van der Waals surface area contributed by atoms with Gasteiger partial charge in [0.05, 0.1) is 0 Å². The Morgan fingerprint density at radius 1 is 1.50 bits per heavy atom. The summed E-state index contributed by atoms with van der Waals surface area (Å²) in [6.07, 6.45) is 0. The van der Waals surface area contributed by atoms with E-state index in [4.69, 9.17) is 10.00 Å². The van der Waals surface area contributed by atoms with Crippen LogP contribution < -0.4 is 0 Å². The molecule has 0 aromatic heterocycles. The summed E-state index contributed by atoms with van der Waals surface area (Å²) in [6, 6.07) is 0. The first-order chi connectivity index (χ1) is 3.56. The van der Waals surface area contributed by atoms with Crippen LogP contribution in [0.4, 0.5) is 0 Å². The molecule has 0 amide bonds.